The van der Waals surface area contributed by atoms with Crippen molar-refractivity contribution in [3.05, 3.63) is 71.0 Å². The minimum absolute atomic E-state index is 0.00686. The Labute approximate surface area is 172 Å². The number of likely N-dealkylation sites (N-methyl/N-ethyl adjacent to an activating group) is 1. The van der Waals surface area contributed by atoms with Crippen molar-refractivity contribution in [1.82, 2.24) is 15.1 Å². The molecule has 1 atom stereocenters. The summed E-state index contributed by atoms with van der Waals surface area (Å²) < 4.78 is 13.8. The van der Waals surface area contributed by atoms with Crippen LogP contribution in [-0.4, -0.2) is 47.1 Å². The van der Waals surface area contributed by atoms with Gasteiger partial charge < -0.3 is 16.0 Å². The van der Waals surface area contributed by atoms with Crippen molar-refractivity contribution in [1.29, 1.82) is 0 Å². The zero-order valence-corrected chi connectivity index (χ0v) is 16.5. The molecule has 0 aliphatic carbocycles. The molecule has 0 aromatic heterocycles. The number of primary amides is 1. The maximum atomic E-state index is 13.8. The first-order valence-corrected chi connectivity index (χ1v) is 9.15. The number of hydrogen-bond acceptors (Lipinski definition) is 4. The Balaban J connectivity index is 1.76. The number of nitrogens with one attached hydrogen (secondary N) is 1. The Morgan fingerprint density at radius 3 is 2.53 bits per heavy atom. The molecule has 1 aliphatic rings. The molecule has 2 aromatic carbocycles. The number of imide groups is 1. The number of hydrogen-bond donors (Lipinski definition) is 2. The minimum atomic E-state index is -1.45. The normalized spacial score (nSPS) is 18.3. The highest BCUT2D eigenvalue weighted by atomic mass is 19.1. The lowest BCUT2D eigenvalue weighted by molar-refractivity contribution is -0.138. The van der Waals surface area contributed by atoms with Crippen molar-refractivity contribution in [2.75, 3.05) is 13.6 Å². The third-order valence-electron chi connectivity index (χ3n) is 5.08. The molecule has 8 nitrogen and oxygen atoms in total. The van der Waals surface area contributed by atoms with Crippen LogP contribution in [0, 0.1) is 5.82 Å². The van der Waals surface area contributed by atoms with Gasteiger partial charge in [-0.15, -0.1) is 0 Å². The maximum Gasteiger partial charge on any atom is 0.325 e. The maximum absolute atomic E-state index is 13.8. The van der Waals surface area contributed by atoms with Crippen LogP contribution in [0.5, 0.6) is 0 Å². The van der Waals surface area contributed by atoms with Crippen LogP contribution in [0.3, 0.4) is 0 Å². The highest BCUT2D eigenvalue weighted by Gasteiger charge is 2.49. The fraction of sp³-hybridized carbons (Fsp3) is 0.238. The molecule has 9 heteroatoms. The zero-order valence-electron chi connectivity index (χ0n) is 16.5. The van der Waals surface area contributed by atoms with Crippen molar-refractivity contribution < 1.29 is 23.6 Å². The van der Waals surface area contributed by atoms with Gasteiger partial charge >= 0.3 is 6.03 Å². The predicted octanol–water partition coefficient (Wildman–Crippen LogP) is 1.35. The van der Waals surface area contributed by atoms with Gasteiger partial charge in [-0.2, -0.15) is 0 Å². The first-order valence-electron chi connectivity index (χ1n) is 9.15. The van der Waals surface area contributed by atoms with E-state index in [0.717, 1.165) is 4.90 Å². The van der Waals surface area contributed by atoms with Crippen molar-refractivity contribution in [3.63, 3.8) is 0 Å². The van der Waals surface area contributed by atoms with Gasteiger partial charge in [0.15, 0.2) is 0 Å². The van der Waals surface area contributed by atoms with Crippen molar-refractivity contribution in [3.8, 4) is 0 Å². The summed E-state index contributed by atoms with van der Waals surface area (Å²) in [6.07, 6.45) is 0. The molecule has 1 aliphatic heterocycles. The molecule has 0 saturated carbocycles. The molecule has 0 spiro atoms. The first-order chi connectivity index (χ1) is 14.1. The summed E-state index contributed by atoms with van der Waals surface area (Å²) in [5.41, 5.74) is 4.71. The number of nitrogens with two attached hydrogens (primary N) is 1. The number of rotatable bonds is 6. The van der Waals surface area contributed by atoms with E-state index >= 15 is 0 Å². The molecule has 0 bridgehead atoms. The molecule has 1 unspecified atom stereocenters. The molecule has 30 heavy (non-hydrogen) atoms. The molecule has 0 radical (unpaired) electrons. The third-order valence-corrected chi connectivity index (χ3v) is 5.08. The Morgan fingerprint density at radius 1 is 1.17 bits per heavy atom. The molecule has 3 rings (SSSR count). The van der Waals surface area contributed by atoms with Gasteiger partial charge in [-0.25, -0.2) is 9.18 Å². The van der Waals surface area contributed by atoms with Gasteiger partial charge in [-0.3, -0.25) is 19.3 Å². The van der Waals surface area contributed by atoms with Gasteiger partial charge in [0.2, 0.25) is 11.8 Å². The van der Waals surface area contributed by atoms with E-state index in [2.05, 4.69) is 5.32 Å². The fourth-order valence-electron chi connectivity index (χ4n) is 3.25. The number of halogens is 1. The molecule has 2 aromatic rings. The summed E-state index contributed by atoms with van der Waals surface area (Å²) in [6.45, 7) is 0.981. The fourth-order valence-corrected chi connectivity index (χ4v) is 3.25. The van der Waals surface area contributed by atoms with Gasteiger partial charge in [0, 0.05) is 24.7 Å². The first kappa shape index (κ1) is 21.0. The number of carbonyl (C=O) groups excluding carboxylic acids is 4. The summed E-state index contributed by atoms with van der Waals surface area (Å²) in [6, 6.07) is 11.4. The van der Waals surface area contributed by atoms with Crippen LogP contribution in [-0.2, 0) is 21.7 Å². The lowest BCUT2D eigenvalue weighted by atomic mass is 9.90. The van der Waals surface area contributed by atoms with Crippen LogP contribution in [0.4, 0.5) is 9.18 Å². The van der Waals surface area contributed by atoms with Crippen LogP contribution < -0.4 is 11.1 Å². The molecule has 156 valence electrons. The van der Waals surface area contributed by atoms with Crippen LogP contribution in [0.2, 0.25) is 0 Å². The second kappa shape index (κ2) is 7.94. The Hall–Kier alpha value is -3.75. The van der Waals surface area contributed by atoms with Gasteiger partial charge in [-0.1, -0.05) is 30.3 Å². The predicted molar refractivity (Wildman–Crippen MR) is 105 cm³/mol. The van der Waals surface area contributed by atoms with Gasteiger partial charge in [0.25, 0.3) is 5.91 Å². The summed E-state index contributed by atoms with van der Waals surface area (Å²) in [7, 11) is 1.46. The van der Waals surface area contributed by atoms with Crippen molar-refractivity contribution >= 4 is 23.8 Å². The van der Waals surface area contributed by atoms with E-state index in [1.807, 2.05) is 0 Å². The van der Waals surface area contributed by atoms with Gasteiger partial charge in [0.1, 0.15) is 17.9 Å². The van der Waals surface area contributed by atoms with E-state index in [0.29, 0.717) is 11.1 Å². The highest BCUT2D eigenvalue weighted by molar-refractivity contribution is 6.09. The molecule has 3 N–H and O–H groups in total. The second-order valence-electron chi connectivity index (χ2n) is 7.23. The minimum Gasteiger partial charge on any atom is -0.366 e. The number of nitrogens with zero attached hydrogens (tertiary/aromatic N) is 2. The van der Waals surface area contributed by atoms with Gasteiger partial charge in [-0.05, 0) is 30.7 Å². The summed E-state index contributed by atoms with van der Waals surface area (Å²) in [5, 5.41) is 2.57. The largest absolute Gasteiger partial charge is 0.366 e. The van der Waals surface area contributed by atoms with E-state index in [9.17, 15) is 23.6 Å². The number of benzene rings is 2. The van der Waals surface area contributed by atoms with E-state index < -0.39 is 41.7 Å². The Morgan fingerprint density at radius 2 is 1.87 bits per heavy atom. The summed E-state index contributed by atoms with van der Waals surface area (Å²) in [5.74, 6) is -2.29. The van der Waals surface area contributed by atoms with Crippen LogP contribution in [0.1, 0.15) is 28.4 Å². The van der Waals surface area contributed by atoms with Crippen molar-refractivity contribution in [2.24, 2.45) is 5.73 Å². The second-order valence-corrected chi connectivity index (χ2v) is 7.23. The zero-order chi connectivity index (χ0) is 22.1. The molecular formula is C21H21FN4O4. The average Bonchev–Trinajstić information content (AvgIpc) is 2.93. The van der Waals surface area contributed by atoms with Crippen molar-refractivity contribution in [2.45, 2.75) is 19.0 Å². The van der Waals surface area contributed by atoms with E-state index in [4.69, 9.17) is 5.73 Å². The topological polar surface area (TPSA) is 113 Å². The SMILES string of the molecule is CN(Cc1ccccc1F)C(=O)CN1C(=O)NC(C)(c2cccc(C(N)=O)c2)C1=O. The summed E-state index contributed by atoms with van der Waals surface area (Å²) in [4.78, 5) is 51.5. The quantitative estimate of drug-likeness (QED) is 0.698. The molecule has 1 saturated heterocycles. The number of amides is 5. The van der Waals surface area contributed by atoms with E-state index in [-0.39, 0.29) is 12.1 Å². The third kappa shape index (κ3) is 3.86. The lowest BCUT2D eigenvalue weighted by Gasteiger charge is -2.23. The number of carbonyl (C=O) groups is 4. The van der Waals surface area contributed by atoms with Crippen LogP contribution >= 0.6 is 0 Å². The Kier molecular flexibility index (Phi) is 5.55. The van der Waals surface area contributed by atoms with Crippen LogP contribution in [0.15, 0.2) is 48.5 Å². The molecule has 1 fully saturated rings. The van der Waals surface area contributed by atoms with Gasteiger partial charge in [0.05, 0.1) is 0 Å². The van der Waals surface area contributed by atoms with E-state index in [1.54, 1.807) is 30.3 Å². The standard InChI is InChI=1S/C21H21FN4O4/c1-21(15-8-5-7-13(10-15)18(23)28)19(29)26(20(30)24-21)12-17(27)25(2)11-14-6-3-4-9-16(14)22/h3-10H,11-12H2,1-2H3,(H2,23,28)(H,24,30). The smallest absolute Gasteiger partial charge is 0.325 e. The Bertz CT molecular complexity index is 1040. The molecular weight excluding hydrogens is 391 g/mol. The van der Waals surface area contributed by atoms with E-state index in [1.165, 1.54) is 37.1 Å². The summed E-state index contributed by atoms with van der Waals surface area (Å²) >= 11 is 0. The molecule has 1 heterocycles. The molecule has 5 amide bonds. The number of urea groups is 1. The lowest BCUT2D eigenvalue weighted by Crippen LogP contribution is -2.43. The highest BCUT2D eigenvalue weighted by Crippen LogP contribution is 2.29. The van der Waals surface area contributed by atoms with Crippen LogP contribution in [0.25, 0.3) is 0 Å². The average molecular weight is 412 g/mol. The monoisotopic (exact) mass is 412 g/mol.